The SMILES string of the molecule is C=C(C)[C@@H]1CC[C@]2(C)CC[C@]3(C)[C@H](CC[C@@H]4[C@@]5(C)CC(=C(SC)SC)C(=O)C(C)(C)[C@@H]5CC[C@]43C)[C@@H]12. The van der Waals surface area contributed by atoms with Gasteiger partial charge in [0, 0.05) is 15.2 Å². The molecule has 0 saturated heterocycles. The summed E-state index contributed by atoms with van der Waals surface area (Å²) in [6, 6.07) is 0. The zero-order valence-electron chi connectivity index (χ0n) is 24.7. The first-order chi connectivity index (χ1) is 16.7. The van der Waals surface area contributed by atoms with Gasteiger partial charge >= 0.3 is 0 Å². The van der Waals surface area contributed by atoms with Crippen molar-refractivity contribution in [2.45, 2.75) is 106 Å². The molecule has 5 rings (SSSR count). The average Bonchev–Trinajstić information content (AvgIpc) is 3.16. The van der Waals surface area contributed by atoms with Gasteiger partial charge in [-0.3, -0.25) is 4.79 Å². The van der Waals surface area contributed by atoms with Crippen LogP contribution in [0.2, 0.25) is 0 Å². The number of allylic oxidation sites excluding steroid dienone is 2. The summed E-state index contributed by atoms with van der Waals surface area (Å²) >= 11 is 3.58. The molecule has 1 nitrogen and oxygen atoms in total. The van der Waals surface area contributed by atoms with Crippen LogP contribution in [0.25, 0.3) is 0 Å². The van der Waals surface area contributed by atoms with E-state index in [9.17, 15) is 4.79 Å². The van der Waals surface area contributed by atoms with Crippen LogP contribution in [0.5, 0.6) is 0 Å². The number of carbonyl (C=O) groups is 1. The topological polar surface area (TPSA) is 17.1 Å². The van der Waals surface area contributed by atoms with Crippen LogP contribution in [0.1, 0.15) is 106 Å². The lowest BCUT2D eigenvalue weighted by Gasteiger charge is -2.72. The van der Waals surface area contributed by atoms with Crippen LogP contribution in [0.4, 0.5) is 0 Å². The second kappa shape index (κ2) is 8.67. The quantitative estimate of drug-likeness (QED) is 0.268. The summed E-state index contributed by atoms with van der Waals surface area (Å²) in [6.45, 7) is 22.1. The van der Waals surface area contributed by atoms with Crippen molar-refractivity contribution < 1.29 is 4.79 Å². The zero-order chi connectivity index (χ0) is 26.5. The van der Waals surface area contributed by atoms with Gasteiger partial charge in [-0.1, -0.05) is 53.7 Å². The van der Waals surface area contributed by atoms with Gasteiger partial charge in [0.1, 0.15) is 0 Å². The molecular weight excluding hydrogens is 476 g/mol. The van der Waals surface area contributed by atoms with Crippen molar-refractivity contribution in [2.75, 3.05) is 12.5 Å². The lowest BCUT2D eigenvalue weighted by molar-refractivity contribution is -0.228. The summed E-state index contributed by atoms with van der Waals surface area (Å²) in [5.74, 6) is 3.99. The average molecular weight is 529 g/mol. The molecule has 0 unspecified atom stereocenters. The monoisotopic (exact) mass is 528 g/mol. The Morgan fingerprint density at radius 3 is 2.11 bits per heavy atom. The van der Waals surface area contributed by atoms with Gasteiger partial charge in [-0.15, -0.1) is 23.5 Å². The van der Waals surface area contributed by atoms with Gasteiger partial charge in [0.25, 0.3) is 0 Å². The van der Waals surface area contributed by atoms with E-state index in [0.717, 1.165) is 29.7 Å². The number of carbonyl (C=O) groups excluding carboxylic acids is 1. The fraction of sp³-hybridized carbons (Fsp3) is 0.848. The molecule has 0 heterocycles. The van der Waals surface area contributed by atoms with Crippen molar-refractivity contribution in [1.29, 1.82) is 0 Å². The normalized spacial score (nSPS) is 49.5. The summed E-state index contributed by atoms with van der Waals surface area (Å²) in [7, 11) is 0. The van der Waals surface area contributed by atoms with Crippen LogP contribution < -0.4 is 0 Å². The predicted octanol–water partition coefficient (Wildman–Crippen LogP) is 9.78. The molecule has 36 heavy (non-hydrogen) atoms. The molecule has 0 radical (unpaired) electrons. The number of fused-ring (bicyclic) bond motifs is 7. The Morgan fingerprint density at radius 2 is 1.50 bits per heavy atom. The Kier molecular flexibility index (Phi) is 6.61. The molecule has 0 bridgehead atoms. The van der Waals surface area contributed by atoms with Gasteiger partial charge < -0.3 is 0 Å². The van der Waals surface area contributed by atoms with E-state index in [4.69, 9.17) is 0 Å². The Labute approximate surface area is 230 Å². The highest BCUT2D eigenvalue weighted by atomic mass is 32.2. The molecule has 0 aliphatic heterocycles. The first kappa shape index (κ1) is 27.4. The van der Waals surface area contributed by atoms with Crippen LogP contribution >= 0.6 is 23.5 Å². The van der Waals surface area contributed by atoms with Crippen molar-refractivity contribution >= 4 is 29.3 Å². The predicted molar refractivity (Wildman–Crippen MR) is 159 cm³/mol. The van der Waals surface area contributed by atoms with Crippen LogP contribution in [0.3, 0.4) is 0 Å². The third kappa shape index (κ3) is 3.39. The van der Waals surface area contributed by atoms with Crippen molar-refractivity contribution in [3.05, 3.63) is 22.0 Å². The van der Waals surface area contributed by atoms with E-state index in [2.05, 4.69) is 67.6 Å². The third-order valence-electron chi connectivity index (χ3n) is 13.7. The summed E-state index contributed by atoms with van der Waals surface area (Å²) in [5.41, 5.74) is 3.80. The second-order valence-electron chi connectivity index (χ2n) is 15.2. The van der Waals surface area contributed by atoms with E-state index in [1.165, 1.54) is 61.2 Å². The molecule has 0 aromatic rings. The molecule has 5 saturated carbocycles. The summed E-state index contributed by atoms with van der Waals surface area (Å²) in [5, 5.41) is 0. The van der Waals surface area contributed by atoms with Crippen molar-refractivity contribution in [1.82, 2.24) is 0 Å². The number of hydrogen-bond donors (Lipinski definition) is 0. The van der Waals surface area contributed by atoms with Crippen molar-refractivity contribution in [3.63, 3.8) is 0 Å². The maximum absolute atomic E-state index is 13.9. The molecule has 0 aromatic carbocycles. The Balaban J connectivity index is 1.59. The highest BCUT2D eigenvalue weighted by molar-refractivity contribution is 8.21. The minimum absolute atomic E-state index is 0.203. The fourth-order valence-corrected chi connectivity index (χ4v) is 13.3. The molecular formula is C33H52OS2. The lowest BCUT2D eigenvalue weighted by Crippen LogP contribution is -2.66. The van der Waals surface area contributed by atoms with Gasteiger partial charge in [-0.2, -0.15) is 0 Å². The van der Waals surface area contributed by atoms with E-state index in [1.807, 2.05) is 0 Å². The second-order valence-corrected chi connectivity index (χ2v) is 17.1. The molecule has 5 aliphatic carbocycles. The molecule has 3 heteroatoms. The first-order valence-corrected chi connectivity index (χ1v) is 17.2. The Hall–Kier alpha value is -0.150. The van der Waals surface area contributed by atoms with Gasteiger partial charge in [0.05, 0.1) is 0 Å². The smallest absolute Gasteiger partial charge is 0.166 e. The van der Waals surface area contributed by atoms with Crippen LogP contribution in [-0.4, -0.2) is 18.3 Å². The third-order valence-corrected chi connectivity index (χ3v) is 15.9. The highest BCUT2D eigenvalue weighted by Crippen LogP contribution is 2.77. The number of hydrogen-bond acceptors (Lipinski definition) is 3. The fourth-order valence-electron chi connectivity index (χ4n) is 11.8. The number of ketones is 1. The molecule has 0 spiro atoms. The van der Waals surface area contributed by atoms with Gasteiger partial charge in [0.2, 0.25) is 0 Å². The number of thioether (sulfide) groups is 2. The van der Waals surface area contributed by atoms with Crippen LogP contribution in [0.15, 0.2) is 22.0 Å². The van der Waals surface area contributed by atoms with E-state index in [0.29, 0.717) is 33.9 Å². The molecule has 0 aromatic heterocycles. The molecule has 0 amide bonds. The van der Waals surface area contributed by atoms with E-state index in [-0.39, 0.29) is 10.8 Å². The van der Waals surface area contributed by atoms with Crippen LogP contribution in [0, 0.1) is 56.7 Å². The maximum atomic E-state index is 13.9. The summed E-state index contributed by atoms with van der Waals surface area (Å²) < 4.78 is 1.27. The largest absolute Gasteiger partial charge is 0.294 e. The van der Waals surface area contributed by atoms with Crippen molar-refractivity contribution in [3.8, 4) is 0 Å². The lowest BCUT2D eigenvalue weighted by atomic mass is 9.32. The Morgan fingerprint density at radius 1 is 0.833 bits per heavy atom. The Bertz CT molecular complexity index is 988. The minimum atomic E-state index is -0.264. The van der Waals surface area contributed by atoms with Crippen molar-refractivity contribution in [2.24, 2.45) is 56.7 Å². The molecule has 0 N–H and O–H groups in total. The van der Waals surface area contributed by atoms with E-state index in [1.54, 1.807) is 23.5 Å². The maximum Gasteiger partial charge on any atom is 0.166 e. The summed E-state index contributed by atoms with van der Waals surface area (Å²) in [4.78, 5) is 13.9. The standard InChI is InChI=1S/C33H52OS2/c1-20(2)21-13-15-30(5)17-18-32(7)23(26(21)30)11-12-25-31(6)19-22(28(35-9)36-10)27(34)29(3,4)24(31)14-16-33(25,32)8/h21,23-26H,1,11-19H2,2-10H3/t21-,23+,24-,25+,26+,30+,31-,32+,33+/m0/s1. The van der Waals surface area contributed by atoms with Gasteiger partial charge in [0.15, 0.2) is 5.78 Å². The number of rotatable bonds is 3. The zero-order valence-corrected chi connectivity index (χ0v) is 26.3. The molecule has 5 fully saturated rings. The van der Waals surface area contributed by atoms with E-state index < -0.39 is 0 Å². The molecule has 5 aliphatic rings. The van der Waals surface area contributed by atoms with E-state index >= 15 is 0 Å². The molecule has 9 atom stereocenters. The van der Waals surface area contributed by atoms with Crippen LogP contribution in [-0.2, 0) is 4.79 Å². The number of Topliss-reactive ketones (excluding diaryl/α,β-unsaturated/α-hetero) is 1. The summed E-state index contributed by atoms with van der Waals surface area (Å²) in [6.07, 6.45) is 16.1. The minimum Gasteiger partial charge on any atom is -0.294 e. The highest BCUT2D eigenvalue weighted by Gasteiger charge is 2.70. The molecule has 202 valence electrons. The first-order valence-electron chi connectivity index (χ1n) is 14.7. The van der Waals surface area contributed by atoms with Gasteiger partial charge in [-0.05, 0) is 128 Å². The van der Waals surface area contributed by atoms with Gasteiger partial charge in [-0.25, -0.2) is 0 Å².